The molecule has 0 fully saturated rings. The molecule has 0 bridgehead atoms. The number of unbranched alkanes of at least 4 members (excludes halogenated alkanes) is 2. The van der Waals surface area contributed by atoms with Gasteiger partial charge in [0.25, 0.3) is 0 Å². The Balaban J connectivity index is 3.34. The monoisotopic (exact) mass is 216 g/mol. The van der Waals surface area contributed by atoms with E-state index in [0.29, 0.717) is 19.4 Å². The van der Waals surface area contributed by atoms with E-state index >= 15 is 0 Å². The van der Waals surface area contributed by atoms with Crippen molar-refractivity contribution < 1.29 is 9.90 Å². The molecule has 4 heteroatoms. The summed E-state index contributed by atoms with van der Waals surface area (Å²) in [5, 5.41) is 11.4. The summed E-state index contributed by atoms with van der Waals surface area (Å²) in [4.78, 5) is 11.3. The maximum atomic E-state index is 11.3. The summed E-state index contributed by atoms with van der Waals surface area (Å²) in [6, 6.07) is 0. The lowest BCUT2D eigenvalue weighted by atomic mass is 10.00. The third kappa shape index (κ3) is 11.3. The number of nitrogens with two attached hydrogens (primary N) is 1. The highest BCUT2D eigenvalue weighted by atomic mass is 16.2. The van der Waals surface area contributed by atoms with Crippen molar-refractivity contribution in [2.45, 2.75) is 51.5 Å². The Labute approximate surface area is 92.2 Å². The fourth-order valence-electron chi connectivity index (χ4n) is 1.17. The first-order valence-electron chi connectivity index (χ1n) is 5.62. The topological polar surface area (TPSA) is 75.4 Å². The summed E-state index contributed by atoms with van der Waals surface area (Å²) in [6.45, 7) is 4.77. The van der Waals surface area contributed by atoms with Gasteiger partial charge in [0.2, 0.25) is 5.91 Å². The van der Waals surface area contributed by atoms with E-state index in [2.05, 4.69) is 5.32 Å². The first-order chi connectivity index (χ1) is 6.95. The van der Waals surface area contributed by atoms with Crippen LogP contribution in [0.1, 0.15) is 46.0 Å². The summed E-state index contributed by atoms with van der Waals surface area (Å²) in [5.41, 5.74) is 5.50. The number of hydrogen-bond acceptors (Lipinski definition) is 3. The van der Waals surface area contributed by atoms with Gasteiger partial charge in [-0.15, -0.1) is 0 Å². The predicted molar refractivity (Wildman–Crippen MR) is 61.4 cm³/mol. The van der Waals surface area contributed by atoms with Gasteiger partial charge in [-0.3, -0.25) is 4.79 Å². The van der Waals surface area contributed by atoms with Crippen LogP contribution < -0.4 is 11.1 Å². The van der Waals surface area contributed by atoms with E-state index in [0.717, 1.165) is 19.3 Å². The molecule has 0 saturated heterocycles. The van der Waals surface area contributed by atoms with Crippen LogP contribution in [-0.4, -0.2) is 29.7 Å². The van der Waals surface area contributed by atoms with Crippen LogP contribution in [-0.2, 0) is 4.79 Å². The molecule has 0 atom stereocenters. The molecule has 0 rings (SSSR count). The van der Waals surface area contributed by atoms with Crippen molar-refractivity contribution in [2.24, 2.45) is 5.73 Å². The summed E-state index contributed by atoms with van der Waals surface area (Å²) in [7, 11) is 0. The standard InChI is InChI=1S/C11H24N2O2/c1-11(2,12)7-6-10(15)13-8-4-3-5-9-14/h14H,3-9,12H2,1-2H3,(H,13,15). The lowest BCUT2D eigenvalue weighted by Gasteiger charge is -2.17. The van der Waals surface area contributed by atoms with Gasteiger partial charge in [0, 0.05) is 25.1 Å². The number of aliphatic hydroxyl groups excluding tert-OH is 1. The minimum atomic E-state index is -0.270. The molecule has 0 spiro atoms. The van der Waals surface area contributed by atoms with Crippen LogP contribution in [0.5, 0.6) is 0 Å². The fraction of sp³-hybridized carbons (Fsp3) is 0.909. The second-order valence-electron chi connectivity index (χ2n) is 4.62. The Kier molecular flexibility index (Phi) is 7.34. The zero-order valence-corrected chi connectivity index (χ0v) is 9.88. The highest BCUT2D eigenvalue weighted by Crippen LogP contribution is 2.06. The highest BCUT2D eigenvalue weighted by Gasteiger charge is 2.12. The summed E-state index contributed by atoms with van der Waals surface area (Å²) < 4.78 is 0. The van der Waals surface area contributed by atoms with Gasteiger partial charge in [0.05, 0.1) is 0 Å². The molecule has 15 heavy (non-hydrogen) atoms. The summed E-state index contributed by atoms with van der Waals surface area (Å²) in [5.74, 6) is 0.0672. The Morgan fingerprint density at radius 2 is 2.00 bits per heavy atom. The van der Waals surface area contributed by atoms with Gasteiger partial charge < -0.3 is 16.2 Å². The average Bonchev–Trinajstić information content (AvgIpc) is 2.13. The molecule has 0 heterocycles. The maximum absolute atomic E-state index is 11.3. The Morgan fingerprint density at radius 1 is 1.33 bits per heavy atom. The molecule has 4 nitrogen and oxygen atoms in total. The normalized spacial score (nSPS) is 11.5. The van der Waals surface area contributed by atoms with Crippen molar-refractivity contribution >= 4 is 5.91 Å². The molecule has 0 aliphatic heterocycles. The quantitative estimate of drug-likeness (QED) is 0.525. The zero-order chi connectivity index (χ0) is 11.7. The number of rotatable bonds is 8. The van der Waals surface area contributed by atoms with E-state index in [9.17, 15) is 4.79 Å². The third-order valence-corrected chi connectivity index (χ3v) is 2.15. The molecule has 90 valence electrons. The summed E-state index contributed by atoms with van der Waals surface area (Å²) >= 11 is 0. The van der Waals surface area contributed by atoms with Crippen molar-refractivity contribution in [2.75, 3.05) is 13.2 Å². The van der Waals surface area contributed by atoms with E-state index in [-0.39, 0.29) is 18.1 Å². The van der Waals surface area contributed by atoms with Crippen molar-refractivity contribution in [1.29, 1.82) is 0 Å². The van der Waals surface area contributed by atoms with Crippen LogP contribution >= 0.6 is 0 Å². The van der Waals surface area contributed by atoms with Gasteiger partial charge in [-0.05, 0) is 39.5 Å². The van der Waals surface area contributed by atoms with Gasteiger partial charge in [-0.25, -0.2) is 0 Å². The molecular formula is C11H24N2O2. The van der Waals surface area contributed by atoms with E-state index in [4.69, 9.17) is 10.8 Å². The van der Waals surface area contributed by atoms with Crippen LogP contribution in [0.4, 0.5) is 0 Å². The smallest absolute Gasteiger partial charge is 0.220 e. The third-order valence-electron chi connectivity index (χ3n) is 2.15. The molecule has 0 aliphatic carbocycles. The second-order valence-corrected chi connectivity index (χ2v) is 4.62. The molecule has 0 unspecified atom stereocenters. The largest absolute Gasteiger partial charge is 0.396 e. The van der Waals surface area contributed by atoms with Crippen molar-refractivity contribution in [3.05, 3.63) is 0 Å². The van der Waals surface area contributed by atoms with Gasteiger partial charge in [0.1, 0.15) is 0 Å². The predicted octanol–water partition coefficient (Wildman–Crippen LogP) is 0.783. The molecule has 1 amide bonds. The SMILES string of the molecule is CC(C)(N)CCC(=O)NCCCCCO. The number of hydrogen-bond donors (Lipinski definition) is 3. The van der Waals surface area contributed by atoms with Crippen molar-refractivity contribution in [1.82, 2.24) is 5.32 Å². The Hall–Kier alpha value is -0.610. The number of aliphatic hydroxyl groups is 1. The first kappa shape index (κ1) is 14.4. The van der Waals surface area contributed by atoms with Gasteiger partial charge in [-0.2, -0.15) is 0 Å². The van der Waals surface area contributed by atoms with Gasteiger partial charge in [0.15, 0.2) is 0 Å². The van der Waals surface area contributed by atoms with Crippen LogP contribution in [0, 0.1) is 0 Å². The van der Waals surface area contributed by atoms with E-state index < -0.39 is 0 Å². The number of amides is 1. The minimum absolute atomic E-state index is 0.0672. The number of nitrogens with one attached hydrogen (secondary N) is 1. The first-order valence-corrected chi connectivity index (χ1v) is 5.62. The van der Waals surface area contributed by atoms with Gasteiger partial charge in [-0.1, -0.05) is 0 Å². The molecule has 0 aromatic carbocycles. The second kappa shape index (κ2) is 7.65. The lowest BCUT2D eigenvalue weighted by Crippen LogP contribution is -2.34. The van der Waals surface area contributed by atoms with Crippen molar-refractivity contribution in [3.8, 4) is 0 Å². The van der Waals surface area contributed by atoms with Crippen LogP contribution in [0.2, 0.25) is 0 Å². The number of carbonyl (C=O) groups is 1. The number of carbonyl (C=O) groups excluding carboxylic acids is 1. The van der Waals surface area contributed by atoms with Gasteiger partial charge >= 0.3 is 0 Å². The molecule has 4 N–H and O–H groups in total. The average molecular weight is 216 g/mol. The molecule has 0 saturated carbocycles. The molecule has 0 aromatic heterocycles. The molecule has 0 radical (unpaired) electrons. The molecule has 0 aromatic rings. The molecular weight excluding hydrogens is 192 g/mol. The minimum Gasteiger partial charge on any atom is -0.396 e. The van der Waals surface area contributed by atoms with Crippen LogP contribution in [0.15, 0.2) is 0 Å². The maximum Gasteiger partial charge on any atom is 0.220 e. The Bertz CT molecular complexity index is 176. The fourth-order valence-corrected chi connectivity index (χ4v) is 1.17. The van der Waals surface area contributed by atoms with Crippen molar-refractivity contribution in [3.63, 3.8) is 0 Å². The Morgan fingerprint density at radius 3 is 2.53 bits per heavy atom. The molecule has 0 aliphatic rings. The lowest BCUT2D eigenvalue weighted by molar-refractivity contribution is -0.121. The van der Waals surface area contributed by atoms with E-state index in [1.165, 1.54) is 0 Å². The zero-order valence-electron chi connectivity index (χ0n) is 9.88. The van der Waals surface area contributed by atoms with Crippen LogP contribution in [0.25, 0.3) is 0 Å². The summed E-state index contributed by atoms with van der Waals surface area (Å²) in [6.07, 6.45) is 3.89. The van der Waals surface area contributed by atoms with E-state index in [1.807, 2.05) is 13.8 Å². The van der Waals surface area contributed by atoms with Crippen LogP contribution in [0.3, 0.4) is 0 Å². The van der Waals surface area contributed by atoms with E-state index in [1.54, 1.807) is 0 Å². The highest BCUT2D eigenvalue weighted by molar-refractivity contribution is 5.75.